The van der Waals surface area contributed by atoms with Gasteiger partial charge in [-0.05, 0) is 30.4 Å². The van der Waals surface area contributed by atoms with Crippen molar-refractivity contribution in [2.24, 2.45) is 11.7 Å². The van der Waals surface area contributed by atoms with Crippen LogP contribution in [0, 0.1) is 5.92 Å². The first-order valence-electron chi connectivity index (χ1n) is 6.94. The van der Waals surface area contributed by atoms with E-state index in [0.29, 0.717) is 11.8 Å². The highest BCUT2D eigenvalue weighted by atomic mass is 35.5. The molecule has 2 heterocycles. The molecule has 3 unspecified atom stereocenters. The van der Waals surface area contributed by atoms with Crippen molar-refractivity contribution in [2.75, 3.05) is 13.1 Å². The van der Waals surface area contributed by atoms with Gasteiger partial charge >= 0.3 is 0 Å². The summed E-state index contributed by atoms with van der Waals surface area (Å²) in [5, 5.41) is 0.0684. The van der Waals surface area contributed by atoms with Crippen molar-refractivity contribution in [1.82, 2.24) is 4.90 Å². The van der Waals surface area contributed by atoms with Gasteiger partial charge in [-0.25, -0.2) is 0 Å². The lowest BCUT2D eigenvalue weighted by atomic mass is 9.94. The molecule has 0 aromatic heterocycles. The lowest BCUT2D eigenvalue weighted by Crippen LogP contribution is -2.50. The molecule has 0 saturated carbocycles. The number of fused-ring (bicyclic) bond motifs is 1. The van der Waals surface area contributed by atoms with E-state index in [9.17, 15) is 4.79 Å². The number of hydrogen-bond donors (Lipinski definition) is 1. The summed E-state index contributed by atoms with van der Waals surface area (Å²) in [5.74, 6) is 0.700. The van der Waals surface area contributed by atoms with Crippen LogP contribution in [0.25, 0.3) is 0 Å². The molecule has 1 saturated heterocycles. The number of carbonyl (C=O) groups excluding carboxylic acids is 1. The molecule has 1 aromatic carbocycles. The molecular formula is C15H21ClN2OS. The van der Waals surface area contributed by atoms with Gasteiger partial charge in [0.1, 0.15) is 0 Å². The number of benzene rings is 1. The Balaban J connectivity index is 0.00000147. The minimum atomic E-state index is 0. The first-order valence-corrected chi connectivity index (χ1v) is 7.82. The molecule has 2 N–H and O–H groups in total. The Bertz CT molecular complexity index is 472. The summed E-state index contributed by atoms with van der Waals surface area (Å²) in [7, 11) is 0. The SMILES string of the molecule is CC1CN(C(=O)C2Cc3ccccc3S2)CCC1N.Cl. The van der Waals surface area contributed by atoms with E-state index >= 15 is 0 Å². The number of likely N-dealkylation sites (tertiary alicyclic amines) is 1. The van der Waals surface area contributed by atoms with E-state index in [1.807, 2.05) is 17.0 Å². The molecule has 20 heavy (non-hydrogen) atoms. The quantitative estimate of drug-likeness (QED) is 0.865. The van der Waals surface area contributed by atoms with Gasteiger partial charge in [0, 0.05) is 24.0 Å². The Kier molecular flexibility index (Phi) is 4.99. The van der Waals surface area contributed by atoms with Crippen molar-refractivity contribution in [3.05, 3.63) is 29.8 Å². The summed E-state index contributed by atoms with van der Waals surface area (Å²) < 4.78 is 0. The topological polar surface area (TPSA) is 46.3 Å². The molecule has 3 atom stereocenters. The number of halogens is 1. The van der Waals surface area contributed by atoms with E-state index in [4.69, 9.17) is 5.73 Å². The van der Waals surface area contributed by atoms with E-state index < -0.39 is 0 Å². The number of piperidine rings is 1. The average Bonchev–Trinajstić information content (AvgIpc) is 2.85. The molecule has 0 radical (unpaired) electrons. The summed E-state index contributed by atoms with van der Waals surface area (Å²) in [4.78, 5) is 15.9. The van der Waals surface area contributed by atoms with Gasteiger partial charge in [0.2, 0.25) is 5.91 Å². The van der Waals surface area contributed by atoms with Crippen molar-refractivity contribution in [2.45, 2.75) is 36.0 Å². The molecule has 0 aliphatic carbocycles. The number of hydrogen-bond acceptors (Lipinski definition) is 3. The van der Waals surface area contributed by atoms with Crippen LogP contribution in [0.15, 0.2) is 29.2 Å². The van der Waals surface area contributed by atoms with E-state index in [-0.39, 0.29) is 23.7 Å². The highest BCUT2D eigenvalue weighted by Gasteiger charge is 2.34. The van der Waals surface area contributed by atoms with Crippen LogP contribution < -0.4 is 5.73 Å². The molecule has 0 spiro atoms. The highest BCUT2D eigenvalue weighted by Crippen LogP contribution is 2.38. The number of nitrogens with zero attached hydrogens (tertiary/aromatic N) is 1. The van der Waals surface area contributed by atoms with Crippen LogP contribution in [0.4, 0.5) is 0 Å². The minimum Gasteiger partial charge on any atom is -0.341 e. The van der Waals surface area contributed by atoms with E-state index in [1.54, 1.807) is 11.8 Å². The fourth-order valence-electron chi connectivity index (χ4n) is 2.89. The van der Waals surface area contributed by atoms with Crippen LogP contribution in [-0.2, 0) is 11.2 Å². The Labute approximate surface area is 130 Å². The molecule has 110 valence electrons. The molecule has 3 rings (SSSR count). The number of amides is 1. The second-order valence-corrected chi connectivity index (χ2v) is 6.88. The second-order valence-electron chi connectivity index (χ2n) is 5.63. The molecule has 3 nitrogen and oxygen atoms in total. The minimum absolute atomic E-state index is 0. The van der Waals surface area contributed by atoms with E-state index in [1.165, 1.54) is 10.5 Å². The third kappa shape index (κ3) is 2.97. The molecule has 1 aromatic rings. The molecule has 0 bridgehead atoms. The van der Waals surface area contributed by atoms with Crippen LogP contribution in [0.1, 0.15) is 18.9 Å². The second kappa shape index (κ2) is 6.37. The predicted octanol–water partition coefficient (Wildman–Crippen LogP) is 2.32. The zero-order valence-corrected chi connectivity index (χ0v) is 13.3. The zero-order chi connectivity index (χ0) is 13.4. The Morgan fingerprint density at radius 3 is 2.85 bits per heavy atom. The number of thioether (sulfide) groups is 1. The van der Waals surface area contributed by atoms with Crippen molar-refractivity contribution in [3.8, 4) is 0 Å². The van der Waals surface area contributed by atoms with Crippen LogP contribution >= 0.6 is 24.2 Å². The molecule has 5 heteroatoms. The third-order valence-electron chi connectivity index (χ3n) is 4.21. The molecular weight excluding hydrogens is 292 g/mol. The molecule has 1 fully saturated rings. The number of carbonyl (C=O) groups is 1. The standard InChI is InChI=1S/C15H20N2OS.ClH/c1-10-9-17(7-6-12(10)16)15(18)14-8-11-4-2-3-5-13(11)19-14;/h2-5,10,12,14H,6-9,16H2,1H3;1H. The number of rotatable bonds is 1. The maximum Gasteiger partial charge on any atom is 0.236 e. The first kappa shape index (κ1) is 15.7. The summed E-state index contributed by atoms with van der Waals surface area (Å²) in [5.41, 5.74) is 7.33. The van der Waals surface area contributed by atoms with Crippen LogP contribution in [0.3, 0.4) is 0 Å². The fourth-order valence-corrected chi connectivity index (χ4v) is 4.17. The summed E-state index contributed by atoms with van der Waals surface area (Å²) in [6.07, 6.45) is 1.80. The van der Waals surface area contributed by atoms with Gasteiger partial charge < -0.3 is 10.6 Å². The van der Waals surface area contributed by atoms with Crippen LogP contribution in [0.5, 0.6) is 0 Å². The van der Waals surface area contributed by atoms with Gasteiger partial charge in [0.15, 0.2) is 0 Å². The van der Waals surface area contributed by atoms with Gasteiger partial charge in [-0.3, -0.25) is 4.79 Å². The van der Waals surface area contributed by atoms with Gasteiger partial charge in [-0.1, -0.05) is 25.1 Å². The fraction of sp³-hybridized carbons (Fsp3) is 0.533. The maximum absolute atomic E-state index is 12.6. The normalized spacial score (nSPS) is 28.7. The van der Waals surface area contributed by atoms with Crippen molar-refractivity contribution in [1.29, 1.82) is 0 Å². The Hall–Kier alpha value is -0.710. The molecule has 2 aliphatic heterocycles. The van der Waals surface area contributed by atoms with Gasteiger partial charge in [-0.2, -0.15) is 0 Å². The van der Waals surface area contributed by atoms with Crippen molar-refractivity contribution >= 4 is 30.1 Å². The van der Waals surface area contributed by atoms with E-state index in [2.05, 4.69) is 19.1 Å². The average molecular weight is 313 g/mol. The van der Waals surface area contributed by atoms with Crippen molar-refractivity contribution in [3.63, 3.8) is 0 Å². The van der Waals surface area contributed by atoms with Gasteiger partial charge in [0.25, 0.3) is 0 Å². The number of nitrogens with two attached hydrogens (primary N) is 1. The smallest absolute Gasteiger partial charge is 0.236 e. The highest BCUT2D eigenvalue weighted by molar-refractivity contribution is 8.01. The Morgan fingerprint density at radius 1 is 1.40 bits per heavy atom. The maximum atomic E-state index is 12.6. The Morgan fingerprint density at radius 2 is 2.15 bits per heavy atom. The largest absolute Gasteiger partial charge is 0.341 e. The van der Waals surface area contributed by atoms with Crippen molar-refractivity contribution < 1.29 is 4.79 Å². The van der Waals surface area contributed by atoms with Crippen LogP contribution in [0.2, 0.25) is 0 Å². The summed E-state index contributed by atoms with van der Waals surface area (Å²) >= 11 is 1.72. The summed E-state index contributed by atoms with van der Waals surface area (Å²) in [6.45, 7) is 3.77. The van der Waals surface area contributed by atoms with Gasteiger partial charge in [0.05, 0.1) is 5.25 Å². The lowest BCUT2D eigenvalue weighted by Gasteiger charge is -2.36. The summed E-state index contributed by atoms with van der Waals surface area (Å²) in [6, 6.07) is 8.58. The molecule has 2 aliphatic rings. The zero-order valence-electron chi connectivity index (χ0n) is 11.6. The van der Waals surface area contributed by atoms with E-state index in [0.717, 1.165) is 25.9 Å². The monoisotopic (exact) mass is 312 g/mol. The molecule has 1 amide bonds. The van der Waals surface area contributed by atoms with Gasteiger partial charge in [-0.15, -0.1) is 24.2 Å². The predicted molar refractivity (Wildman–Crippen MR) is 85.4 cm³/mol. The lowest BCUT2D eigenvalue weighted by molar-refractivity contribution is -0.132. The third-order valence-corrected chi connectivity index (χ3v) is 5.51. The van der Waals surface area contributed by atoms with Crippen LogP contribution in [-0.4, -0.2) is 35.2 Å². The first-order chi connectivity index (χ1) is 9.15.